The van der Waals surface area contributed by atoms with E-state index in [1.54, 1.807) is 12.4 Å². The summed E-state index contributed by atoms with van der Waals surface area (Å²) in [4.78, 5) is 33.6. The molecule has 2 fully saturated rings. The highest BCUT2D eigenvalue weighted by Gasteiger charge is 2.33. The van der Waals surface area contributed by atoms with Crippen molar-refractivity contribution in [2.24, 2.45) is 11.3 Å². The summed E-state index contributed by atoms with van der Waals surface area (Å²) >= 11 is 0. The van der Waals surface area contributed by atoms with Crippen molar-refractivity contribution >= 4 is 23.3 Å². The van der Waals surface area contributed by atoms with E-state index in [0.717, 1.165) is 43.1 Å². The fourth-order valence-corrected chi connectivity index (χ4v) is 4.25. The van der Waals surface area contributed by atoms with Gasteiger partial charge in [-0.3, -0.25) is 14.6 Å². The van der Waals surface area contributed by atoms with E-state index < -0.39 is 0 Å². The minimum atomic E-state index is -0.0633. The zero-order chi connectivity index (χ0) is 22.7. The van der Waals surface area contributed by atoms with Crippen molar-refractivity contribution in [3.8, 4) is 0 Å². The molecule has 0 unspecified atom stereocenters. The number of carbonyl (C=O) groups is 2. The van der Waals surface area contributed by atoms with Crippen LogP contribution in [0.3, 0.4) is 0 Å². The van der Waals surface area contributed by atoms with Gasteiger partial charge >= 0.3 is 0 Å². The molecule has 2 aromatic rings. The van der Waals surface area contributed by atoms with Crippen LogP contribution in [0, 0.1) is 11.3 Å². The van der Waals surface area contributed by atoms with Crippen LogP contribution < -0.4 is 10.2 Å². The number of nitrogens with zero attached hydrogens (tertiary/aromatic N) is 5. The van der Waals surface area contributed by atoms with Crippen molar-refractivity contribution in [3.63, 3.8) is 0 Å². The molecule has 2 amide bonds. The Hall–Kier alpha value is -3.03. The molecule has 0 atom stereocenters. The molecule has 8 heteroatoms. The van der Waals surface area contributed by atoms with Gasteiger partial charge in [0.05, 0.1) is 17.8 Å². The van der Waals surface area contributed by atoms with E-state index in [4.69, 9.17) is 0 Å². The molecular weight excluding hydrogens is 404 g/mol. The van der Waals surface area contributed by atoms with E-state index in [0.29, 0.717) is 25.4 Å². The number of aromatic nitrogens is 3. The van der Waals surface area contributed by atoms with Gasteiger partial charge in [0.15, 0.2) is 5.82 Å². The van der Waals surface area contributed by atoms with Gasteiger partial charge in [-0.2, -0.15) is 5.10 Å². The van der Waals surface area contributed by atoms with Crippen molar-refractivity contribution in [2.75, 3.05) is 36.4 Å². The largest absolute Gasteiger partial charge is 0.353 e. The Balaban J connectivity index is 1.24. The number of anilines is 2. The van der Waals surface area contributed by atoms with Gasteiger partial charge in [0.2, 0.25) is 11.8 Å². The van der Waals surface area contributed by atoms with E-state index in [2.05, 4.69) is 41.3 Å². The first-order valence-corrected chi connectivity index (χ1v) is 11.4. The first-order chi connectivity index (χ1) is 15.3. The summed E-state index contributed by atoms with van der Waals surface area (Å²) in [6.07, 6.45) is 5.81. The van der Waals surface area contributed by atoms with Crippen molar-refractivity contribution in [1.82, 2.24) is 20.1 Å². The van der Waals surface area contributed by atoms with Crippen LogP contribution in [-0.2, 0) is 9.59 Å². The van der Waals surface area contributed by atoms with Crippen LogP contribution in [0.25, 0.3) is 0 Å². The van der Waals surface area contributed by atoms with Crippen LogP contribution in [0.2, 0.25) is 0 Å². The second-order valence-corrected chi connectivity index (χ2v) is 10.0. The average Bonchev–Trinajstić information content (AvgIpc) is 2.73. The van der Waals surface area contributed by atoms with Gasteiger partial charge in [0.1, 0.15) is 0 Å². The minimum absolute atomic E-state index is 0.00496. The molecule has 4 rings (SSSR count). The number of hydrogen-bond acceptors (Lipinski definition) is 6. The Kier molecular flexibility index (Phi) is 6.39. The monoisotopic (exact) mass is 436 g/mol. The number of hydrogen-bond donors (Lipinski definition) is 1. The predicted octanol–water partition coefficient (Wildman–Crippen LogP) is 3.09. The van der Waals surface area contributed by atoms with E-state index in [-0.39, 0.29) is 23.1 Å². The molecule has 0 aliphatic carbocycles. The molecule has 0 aromatic carbocycles. The smallest absolute Gasteiger partial charge is 0.231 e. The molecule has 0 bridgehead atoms. The Labute approximate surface area is 189 Å². The lowest BCUT2D eigenvalue weighted by atomic mass is 9.89. The Morgan fingerprint density at radius 2 is 1.88 bits per heavy atom. The van der Waals surface area contributed by atoms with Gasteiger partial charge < -0.3 is 15.1 Å². The number of piperidine rings is 1. The minimum Gasteiger partial charge on any atom is -0.353 e. The maximum absolute atomic E-state index is 12.5. The highest BCUT2D eigenvalue weighted by molar-refractivity contribution is 5.94. The number of carbonyl (C=O) groups excluding carboxylic acids is 2. The molecule has 4 heterocycles. The summed E-state index contributed by atoms with van der Waals surface area (Å²) < 4.78 is 0. The SMILES string of the molecule is CC(C)(C)CC(=O)N1CCC(c2ccc(NC(=O)C3CN(c4cccnn4)C3)cn2)CC1. The lowest BCUT2D eigenvalue weighted by molar-refractivity contribution is -0.134. The predicted molar refractivity (Wildman–Crippen MR) is 123 cm³/mol. The second kappa shape index (κ2) is 9.22. The zero-order valence-corrected chi connectivity index (χ0v) is 19.1. The molecule has 170 valence electrons. The molecule has 1 N–H and O–H groups in total. The quantitative estimate of drug-likeness (QED) is 0.775. The van der Waals surface area contributed by atoms with Crippen LogP contribution >= 0.6 is 0 Å². The third-order valence-electron chi connectivity index (χ3n) is 6.14. The van der Waals surface area contributed by atoms with Gasteiger partial charge in [0.25, 0.3) is 0 Å². The zero-order valence-electron chi connectivity index (χ0n) is 19.1. The van der Waals surface area contributed by atoms with Gasteiger partial charge in [0, 0.05) is 50.4 Å². The van der Waals surface area contributed by atoms with Gasteiger partial charge in [-0.1, -0.05) is 20.8 Å². The van der Waals surface area contributed by atoms with Crippen molar-refractivity contribution in [3.05, 3.63) is 42.4 Å². The summed E-state index contributed by atoms with van der Waals surface area (Å²) in [5.74, 6) is 1.34. The summed E-state index contributed by atoms with van der Waals surface area (Å²) in [5.41, 5.74) is 1.77. The summed E-state index contributed by atoms with van der Waals surface area (Å²) in [5, 5.41) is 10.9. The third kappa shape index (κ3) is 5.41. The molecular formula is C24H32N6O2. The maximum Gasteiger partial charge on any atom is 0.231 e. The summed E-state index contributed by atoms with van der Waals surface area (Å²) in [7, 11) is 0. The molecule has 2 aromatic heterocycles. The number of rotatable bonds is 5. The lowest BCUT2D eigenvalue weighted by Gasteiger charge is -2.38. The molecule has 0 spiro atoms. The summed E-state index contributed by atoms with van der Waals surface area (Å²) in [6.45, 7) is 9.14. The highest BCUT2D eigenvalue weighted by atomic mass is 16.2. The number of likely N-dealkylation sites (tertiary alicyclic amines) is 1. The molecule has 2 saturated heterocycles. The fraction of sp³-hybridized carbons (Fsp3) is 0.542. The van der Waals surface area contributed by atoms with E-state index in [1.807, 2.05) is 34.1 Å². The number of pyridine rings is 1. The molecule has 0 saturated carbocycles. The van der Waals surface area contributed by atoms with Crippen LogP contribution in [0.15, 0.2) is 36.7 Å². The molecule has 0 radical (unpaired) electrons. The molecule has 32 heavy (non-hydrogen) atoms. The number of nitrogens with one attached hydrogen (secondary N) is 1. The van der Waals surface area contributed by atoms with Gasteiger partial charge in [-0.05, 0) is 42.5 Å². The number of amides is 2. The van der Waals surface area contributed by atoms with Crippen LogP contribution in [0.4, 0.5) is 11.5 Å². The average molecular weight is 437 g/mol. The first-order valence-electron chi connectivity index (χ1n) is 11.4. The van der Waals surface area contributed by atoms with Gasteiger partial charge in [-0.15, -0.1) is 5.10 Å². The topological polar surface area (TPSA) is 91.3 Å². The normalized spacial score (nSPS) is 17.7. The van der Waals surface area contributed by atoms with Crippen molar-refractivity contribution < 1.29 is 9.59 Å². The van der Waals surface area contributed by atoms with E-state index in [1.165, 1.54) is 0 Å². The third-order valence-corrected chi connectivity index (χ3v) is 6.14. The van der Waals surface area contributed by atoms with Crippen LogP contribution in [0.1, 0.15) is 51.6 Å². The fourth-order valence-electron chi connectivity index (χ4n) is 4.25. The van der Waals surface area contributed by atoms with E-state index in [9.17, 15) is 9.59 Å². The van der Waals surface area contributed by atoms with Crippen molar-refractivity contribution in [1.29, 1.82) is 0 Å². The Morgan fingerprint density at radius 1 is 1.12 bits per heavy atom. The Bertz CT molecular complexity index is 927. The van der Waals surface area contributed by atoms with E-state index >= 15 is 0 Å². The first kappa shape index (κ1) is 22.2. The van der Waals surface area contributed by atoms with Crippen LogP contribution in [-0.4, -0.2) is 58.1 Å². The Morgan fingerprint density at radius 3 is 2.47 bits per heavy atom. The van der Waals surface area contributed by atoms with Crippen LogP contribution in [0.5, 0.6) is 0 Å². The second-order valence-electron chi connectivity index (χ2n) is 10.0. The molecule has 2 aliphatic rings. The maximum atomic E-state index is 12.5. The molecule has 2 aliphatic heterocycles. The van der Waals surface area contributed by atoms with Gasteiger partial charge in [-0.25, -0.2) is 0 Å². The van der Waals surface area contributed by atoms with Crippen molar-refractivity contribution in [2.45, 2.75) is 46.0 Å². The summed E-state index contributed by atoms with van der Waals surface area (Å²) in [6, 6.07) is 7.67. The lowest BCUT2D eigenvalue weighted by Crippen LogP contribution is -2.52. The molecule has 8 nitrogen and oxygen atoms in total. The highest BCUT2D eigenvalue weighted by Crippen LogP contribution is 2.29. The standard InChI is InChI=1S/C24H32N6O2/c1-24(2,3)13-22(31)29-11-8-17(9-12-29)20-7-6-19(14-25-20)27-23(32)18-15-30(16-18)21-5-4-10-26-28-21/h4-7,10,14,17-18H,8-9,11-13,15-16H2,1-3H3,(H,27,32).